The number of halogens is 2. The fourth-order valence-electron chi connectivity index (χ4n) is 2.05. The van der Waals surface area contributed by atoms with E-state index in [1.165, 1.54) is 4.31 Å². The van der Waals surface area contributed by atoms with Gasteiger partial charge in [-0.25, -0.2) is 17.2 Å². The van der Waals surface area contributed by atoms with Gasteiger partial charge < -0.3 is 0 Å². The number of nitrogens with zero attached hydrogens (tertiary/aromatic N) is 1. The highest BCUT2D eigenvalue weighted by molar-refractivity contribution is 7.89. The molecule has 0 N–H and O–H groups in total. The summed E-state index contributed by atoms with van der Waals surface area (Å²) in [5, 5.41) is 0. The van der Waals surface area contributed by atoms with Crippen molar-refractivity contribution in [1.29, 1.82) is 0 Å². The molecule has 1 aromatic rings. The average Bonchev–Trinajstić information content (AvgIpc) is 2.28. The molecule has 18 heavy (non-hydrogen) atoms. The minimum Gasteiger partial charge on any atom is -0.207 e. The Morgan fingerprint density at radius 3 is 2.11 bits per heavy atom. The molecule has 1 heterocycles. The van der Waals surface area contributed by atoms with Crippen molar-refractivity contribution < 1.29 is 17.2 Å². The van der Waals surface area contributed by atoms with Gasteiger partial charge in [0.2, 0.25) is 10.0 Å². The number of benzene rings is 1. The lowest BCUT2D eigenvalue weighted by Crippen LogP contribution is -2.37. The first-order chi connectivity index (χ1) is 8.39. The molecule has 0 atom stereocenters. The van der Waals surface area contributed by atoms with E-state index in [0.29, 0.717) is 25.1 Å². The number of piperidine rings is 1. The predicted molar refractivity (Wildman–Crippen MR) is 63.5 cm³/mol. The van der Waals surface area contributed by atoms with Crippen LogP contribution in [0, 0.1) is 17.6 Å². The summed E-state index contributed by atoms with van der Waals surface area (Å²) in [7, 11) is -3.78. The quantitative estimate of drug-likeness (QED) is 0.831. The molecule has 1 fully saturated rings. The van der Waals surface area contributed by atoms with Crippen molar-refractivity contribution in [2.24, 2.45) is 5.92 Å². The zero-order valence-electron chi connectivity index (χ0n) is 10.1. The van der Waals surface area contributed by atoms with Crippen LogP contribution in [-0.4, -0.2) is 25.8 Å². The van der Waals surface area contributed by atoms with Gasteiger partial charge in [0.25, 0.3) is 0 Å². The fraction of sp³-hybridized carbons (Fsp3) is 0.500. The Hall–Kier alpha value is -1.01. The first-order valence-corrected chi connectivity index (χ1v) is 7.30. The van der Waals surface area contributed by atoms with Crippen molar-refractivity contribution in [3.05, 3.63) is 29.8 Å². The standard InChI is InChI=1S/C12H15F2NO2S/c1-9-2-4-15(5-3-9)18(16,17)12-7-10(13)6-11(14)8-12/h6-9H,2-5H2,1H3. The molecule has 0 spiro atoms. The van der Waals surface area contributed by atoms with Gasteiger partial charge in [0.15, 0.2) is 0 Å². The van der Waals surface area contributed by atoms with Crippen molar-refractivity contribution in [3.8, 4) is 0 Å². The van der Waals surface area contributed by atoms with Gasteiger partial charge in [-0.1, -0.05) is 6.92 Å². The maximum atomic E-state index is 13.1. The number of hydrogen-bond acceptors (Lipinski definition) is 2. The predicted octanol–water partition coefficient (Wildman–Crippen LogP) is 2.39. The Bertz CT molecular complexity index is 517. The molecule has 100 valence electrons. The first kappa shape index (κ1) is 13.4. The van der Waals surface area contributed by atoms with Crippen LogP contribution in [0.3, 0.4) is 0 Å². The van der Waals surface area contributed by atoms with Gasteiger partial charge >= 0.3 is 0 Å². The minimum atomic E-state index is -3.78. The monoisotopic (exact) mass is 275 g/mol. The molecule has 1 aromatic carbocycles. The van der Waals surface area contributed by atoms with Crippen molar-refractivity contribution in [2.75, 3.05) is 13.1 Å². The lowest BCUT2D eigenvalue weighted by molar-refractivity contribution is 0.288. The van der Waals surface area contributed by atoms with E-state index in [0.717, 1.165) is 25.0 Å². The van der Waals surface area contributed by atoms with Crippen LogP contribution in [0.2, 0.25) is 0 Å². The maximum absolute atomic E-state index is 13.1. The fourth-order valence-corrected chi connectivity index (χ4v) is 3.56. The van der Waals surface area contributed by atoms with Gasteiger partial charge in [-0.3, -0.25) is 0 Å². The number of rotatable bonds is 2. The normalized spacial score (nSPS) is 19.1. The summed E-state index contributed by atoms with van der Waals surface area (Å²) in [6.45, 7) is 2.87. The molecule has 2 rings (SSSR count). The summed E-state index contributed by atoms with van der Waals surface area (Å²) in [4.78, 5) is -0.311. The van der Waals surface area contributed by atoms with E-state index < -0.39 is 21.7 Å². The van der Waals surface area contributed by atoms with Crippen molar-refractivity contribution in [1.82, 2.24) is 4.31 Å². The second-order valence-corrected chi connectivity index (χ2v) is 6.63. The highest BCUT2D eigenvalue weighted by atomic mass is 32.2. The molecule has 0 aliphatic carbocycles. The van der Waals surface area contributed by atoms with Crippen LogP contribution >= 0.6 is 0 Å². The molecular weight excluding hydrogens is 260 g/mol. The Morgan fingerprint density at radius 1 is 1.11 bits per heavy atom. The van der Waals surface area contributed by atoms with Crippen molar-refractivity contribution >= 4 is 10.0 Å². The van der Waals surface area contributed by atoms with Crippen LogP contribution in [0.1, 0.15) is 19.8 Å². The number of sulfonamides is 1. The molecule has 1 aliphatic rings. The second kappa shape index (κ2) is 4.93. The molecule has 1 saturated heterocycles. The molecule has 3 nitrogen and oxygen atoms in total. The van der Waals surface area contributed by atoms with Crippen LogP contribution < -0.4 is 0 Å². The third-order valence-electron chi connectivity index (χ3n) is 3.22. The van der Waals surface area contributed by atoms with Crippen LogP contribution in [0.15, 0.2) is 23.1 Å². The Balaban J connectivity index is 2.30. The van der Waals surface area contributed by atoms with Crippen molar-refractivity contribution in [2.45, 2.75) is 24.7 Å². The van der Waals surface area contributed by atoms with E-state index in [1.807, 2.05) is 0 Å². The van der Waals surface area contributed by atoms with Crippen LogP contribution in [0.25, 0.3) is 0 Å². The highest BCUT2D eigenvalue weighted by Crippen LogP contribution is 2.24. The van der Waals surface area contributed by atoms with E-state index in [2.05, 4.69) is 6.92 Å². The Kier molecular flexibility index (Phi) is 3.68. The third kappa shape index (κ3) is 2.70. The Morgan fingerprint density at radius 2 is 1.61 bits per heavy atom. The van der Waals surface area contributed by atoms with Gasteiger partial charge in [0, 0.05) is 19.2 Å². The summed E-state index contributed by atoms with van der Waals surface area (Å²) >= 11 is 0. The zero-order valence-corrected chi connectivity index (χ0v) is 10.9. The maximum Gasteiger partial charge on any atom is 0.243 e. The second-order valence-electron chi connectivity index (χ2n) is 4.69. The lowest BCUT2D eigenvalue weighted by Gasteiger charge is -2.29. The third-order valence-corrected chi connectivity index (χ3v) is 5.09. The van der Waals surface area contributed by atoms with Crippen LogP contribution in [0.4, 0.5) is 8.78 Å². The SMILES string of the molecule is CC1CCN(S(=O)(=O)c2cc(F)cc(F)c2)CC1. The highest BCUT2D eigenvalue weighted by Gasteiger charge is 2.28. The van der Waals surface area contributed by atoms with E-state index >= 15 is 0 Å². The van der Waals surface area contributed by atoms with Crippen molar-refractivity contribution in [3.63, 3.8) is 0 Å². The zero-order chi connectivity index (χ0) is 13.3. The van der Waals surface area contributed by atoms with Gasteiger partial charge in [-0.05, 0) is 30.9 Å². The molecule has 0 unspecified atom stereocenters. The molecular formula is C12H15F2NO2S. The van der Waals surface area contributed by atoms with Gasteiger partial charge in [-0.15, -0.1) is 0 Å². The van der Waals surface area contributed by atoms with E-state index in [4.69, 9.17) is 0 Å². The Labute approximate surface area is 105 Å². The summed E-state index contributed by atoms with van der Waals surface area (Å²) in [5.74, 6) is -1.27. The molecule has 0 radical (unpaired) electrons. The summed E-state index contributed by atoms with van der Waals surface area (Å²) < 4.78 is 51.8. The molecule has 0 saturated carbocycles. The van der Waals surface area contributed by atoms with Crippen LogP contribution in [-0.2, 0) is 10.0 Å². The minimum absolute atomic E-state index is 0.311. The summed E-state index contributed by atoms with van der Waals surface area (Å²) in [5.41, 5.74) is 0. The van der Waals surface area contributed by atoms with Crippen LogP contribution in [0.5, 0.6) is 0 Å². The average molecular weight is 275 g/mol. The van der Waals surface area contributed by atoms with E-state index in [1.54, 1.807) is 0 Å². The molecule has 0 amide bonds. The topological polar surface area (TPSA) is 37.4 Å². The lowest BCUT2D eigenvalue weighted by atomic mass is 10.0. The smallest absolute Gasteiger partial charge is 0.207 e. The van der Waals surface area contributed by atoms with Gasteiger partial charge in [-0.2, -0.15) is 4.31 Å². The van der Waals surface area contributed by atoms with E-state index in [-0.39, 0.29) is 4.90 Å². The number of hydrogen-bond donors (Lipinski definition) is 0. The molecule has 0 aromatic heterocycles. The van der Waals surface area contributed by atoms with Gasteiger partial charge in [0.1, 0.15) is 11.6 Å². The summed E-state index contributed by atoms with van der Waals surface area (Å²) in [6.07, 6.45) is 1.55. The van der Waals surface area contributed by atoms with Gasteiger partial charge in [0.05, 0.1) is 4.90 Å². The molecule has 6 heteroatoms. The molecule has 0 bridgehead atoms. The summed E-state index contributed by atoms with van der Waals surface area (Å²) in [6, 6.07) is 2.38. The first-order valence-electron chi connectivity index (χ1n) is 5.86. The van der Waals surface area contributed by atoms with E-state index in [9.17, 15) is 17.2 Å². The molecule has 1 aliphatic heterocycles. The largest absolute Gasteiger partial charge is 0.243 e.